The molecule has 0 saturated heterocycles. The minimum Gasteiger partial charge on any atom is -0.480 e. The van der Waals surface area contributed by atoms with Gasteiger partial charge in [0.15, 0.2) is 0 Å². The molecular formula is C13H13N3O2. The Bertz CT molecular complexity index is 573. The fraction of sp³-hybridized carbons (Fsp3) is 0.308. The van der Waals surface area contributed by atoms with Crippen molar-refractivity contribution in [1.82, 2.24) is 15.0 Å². The summed E-state index contributed by atoms with van der Waals surface area (Å²) < 4.78 is 0. The molecular weight excluding hydrogens is 230 g/mol. The third-order valence-electron chi connectivity index (χ3n) is 3.64. The van der Waals surface area contributed by atoms with Crippen LogP contribution < -0.4 is 0 Å². The fourth-order valence-corrected chi connectivity index (χ4v) is 2.32. The van der Waals surface area contributed by atoms with E-state index in [-0.39, 0.29) is 0 Å². The predicted molar refractivity (Wildman–Crippen MR) is 65.0 cm³/mol. The molecule has 0 atom stereocenters. The number of H-pyrrole nitrogens is 1. The molecule has 0 bridgehead atoms. The number of aliphatic carboxylic acids is 1. The van der Waals surface area contributed by atoms with Crippen molar-refractivity contribution in [3.63, 3.8) is 0 Å². The molecule has 1 aliphatic rings. The molecule has 2 aromatic heterocycles. The highest BCUT2D eigenvalue weighted by atomic mass is 16.4. The molecule has 92 valence electrons. The first kappa shape index (κ1) is 11.0. The van der Waals surface area contributed by atoms with Crippen molar-refractivity contribution in [2.45, 2.75) is 24.7 Å². The van der Waals surface area contributed by atoms with Crippen LogP contribution in [0.1, 0.15) is 25.1 Å². The SMILES string of the molecule is O=C(O)C1(c2ncc(-c3ccncc3)[nH]2)CCC1. The van der Waals surface area contributed by atoms with Crippen molar-refractivity contribution >= 4 is 5.97 Å². The van der Waals surface area contributed by atoms with Gasteiger partial charge < -0.3 is 10.1 Å². The zero-order valence-electron chi connectivity index (χ0n) is 9.76. The Balaban J connectivity index is 1.97. The first-order chi connectivity index (χ1) is 8.72. The van der Waals surface area contributed by atoms with Gasteiger partial charge in [-0.2, -0.15) is 0 Å². The molecule has 0 radical (unpaired) electrons. The molecule has 0 amide bonds. The Morgan fingerprint density at radius 3 is 2.61 bits per heavy atom. The van der Waals surface area contributed by atoms with Gasteiger partial charge in [0.2, 0.25) is 0 Å². The van der Waals surface area contributed by atoms with E-state index in [1.165, 1.54) is 0 Å². The number of hydrogen-bond donors (Lipinski definition) is 2. The molecule has 0 aromatic carbocycles. The van der Waals surface area contributed by atoms with Crippen LogP contribution in [-0.4, -0.2) is 26.0 Å². The topological polar surface area (TPSA) is 78.9 Å². The molecule has 2 aromatic rings. The number of carbonyl (C=O) groups is 1. The van der Waals surface area contributed by atoms with Crippen LogP contribution in [0.3, 0.4) is 0 Å². The molecule has 5 nitrogen and oxygen atoms in total. The maximum absolute atomic E-state index is 11.4. The molecule has 1 saturated carbocycles. The molecule has 1 fully saturated rings. The lowest BCUT2D eigenvalue weighted by Gasteiger charge is -2.35. The van der Waals surface area contributed by atoms with Gasteiger partial charge in [0.05, 0.1) is 11.9 Å². The zero-order chi connectivity index (χ0) is 12.6. The third-order valence-corrected chi connectivity index (χ3v) is 3.64. The van der Waals surface area contributed by atoms with Crippen molar-refractivity contribution in [3.8, 4) is 11.3 Å². The van der Waals surface area contributed by atoms with E-state index >= 15 is 0 Å². The first-order valence-electron chi connectivity index (χ1n) is 5.92. The number of carboxylic acids is 1. The maximum Gasteiger partial charge on any atom is 0.317 e. The Kier molecular flexibility index (Phi) is 2.40. The normalized spacial score (nSPS) is 17.1. The quantitative estimate of drug-likeness (QED) is 0.863. The number of aromatic nitrogens is 3. The van der Waals surface area contributed by atoms with Crippen LogP contribution in [0.4, 0.5) is 0 Å². The van der Waals surface area contributed by atoms with Crippen molar-refractivity contribution in [2.75, 3.05) is 0 Å². The lowest BCUT2D eigenvalue weighted by atomic mass is 9.68. The van der Waals surface area contributed by atoms with Gasteiger partial charge in [0.1, 0.15) is 11.2 Å². The lowest BCUT2D eigenvalue weighted by Crippen LogP contribution is -2.43. The molecule has 1 aliphatic carbocycles. The monoisotopic (exact) mass is 243 g/mol. The van der Waals surface area contributed by atoms with E-state index in [1.807, 2.05) is 12.1 Å². The molecule has 0 unspecified atom stereocenters. The summed E-state index contributed by atoms with van der Waals surface area (Å²) in [7, 11) is 0. The number of pyridine rings is 1. The molecule has 2 heterocycles. The Morgan fingerprint density at radius 2 is 2.06 bits per heavy atom. The summed E-state index contributed by atoms with van der Waals surface area (Å²) in [4.78, 5) is 22.7. The predicted octanol–water partition coefficient (Wildman–Crippen LogP) is 1.98. The van der Waals surface area contributed by atoms with E-state index in [4.69, 9.17) is 0 Å². The molecule has 3 rings (SSSR count). The minimum absolute atomic E-state index is 0.563. The van der Waals surface area contributed by atoms with Gasteiger partial charge in [-0.3, -0.25) is 9.78 Å². The molecule has 18 heavy (non-hydrogen) atoms. The number of nitrogens with one attached hydrogen (secondary N) is 1. The van der Waals surface area contributed by atoms with E-state index in [1.54, 1.807) is 18.6 Å². The standard InChI is InChI=1S/C13H13N3O2/c17-12(18)13(4-1-5-13)11-15-8-10(16-11)9-2-6-14-7-3-9/h2-3,6-8H,1,4-5H2,(H,15,16)(H,17,18). The van der Waals surface area contributed by atoms with E-state index in [0.29, 0.717) is 18.7 Å². The summed E-state index contributed by atoms with van der Waals surface area (Å²) in [5.74, 6) is -0.225. The van der Waals surface area contributed by atoms with E-state index < -0.39 is 11.4 Å². The average Bonchev–Trinajstić information content (AvgIpc) is 2.78. The van der Waals surface area contributed by atoms with Crippen LogP contribution in [-0.2, 0) is 10.2 Å². The Labute approximate surface area is 104 Å². The largest absolute Gasteiger partial charge is 0.480 e. The van der Waals surface area contributed by atoms with Crippen LogP contribution in [0.5, 0.6) is 0 Å². The van der Waals surface area contributed by atoms with Crippen LogP contribution in [0.25, 0.3) is 11.3 Å². The summed E-state index contributed by atoms with van der Waals surface area (Å²) in [6.07, 6.45) is 7.35. The Morgan fingerprint density at radius 1 is 1.33 bits per heavy atom. The first-order valence-corrected chi connectivity index (χ1v) is 5.92. The van der Waals surface area contributed by atoms with Crippen molar-refractivity contribution in [2.24, 2.45) is 0 Å². The fourth-order valence-electron chi connectivity index (χ4n) is 2.32. The number of rotatable bonds is 3. The lowest BCUT2D eigenvalue weighted by molar-refractivity contribution is -0.147. The summed E-state index contributed by atoms with van der Waals surface area (Å²) in [5.41, 5.74) is 0.995. The maximum atomic E-state index is 11.4. The molecule has 5 heteroatoms. The van der Waals surface area contributed by atoms with Gasteiger partial charge in [0, 0.05) is 18.0 Å². The summed E-state index contributed by atoms with van der Waals surface area (Å²) >= 11 is 0. The number of nitrogens with zero attached hydrogens (tertiary/aromatic N) is 2. The summed E-state index contributed by atoms with van der Waals surface area (Å²) in [6.45, 7) is 0. The van der Waals surface area contributed by atoms with Crippen LogP contribution in [0, 0.1) is 0 Å². The number of imidazole rings is 1. The van der Waals surface area contributed by atoms with Gasteiger partial charge in [-0.05, 0) is 25.0 Å². The smallest absolute Gasteiger partial charge is 0.317 e. The highest BCUT2D eigenvalue weighted by molar-refractivity contribution is 5.81. The highest BCUT2D eigenvalue weighted by Crippen LogP contribution is 2.42. The Hall–Kier alpha value is -2.17. The number of aromatic amines is 1. The third kappa shape index (κ3) is 1.51. The summed E-state index contributed by atoms with van der Waals surface area (Å²) in [6, 6.07) is 3.73. The number of carboxylic acid groups (broad SMARTS) is 1. The van der Waals surface area contributed by atoms with Crippen molar-refractivity contribution in [1.29, 1.82) is 0 Å². The zero-order valence-corrected chi connectivity index (χ0v) is 9.76. The van der Waals surface area contributed by atoms with Gasteiger partial charge >= 0.3 is 5.97 Å². The van der Waals surface area contributed by atoms with E-state index in [0.717, 1.165) is 17.7 Å². The summed E-state index contributed by atoms with van der Waals surface area (Å²) in [5, 5.41) is 9.35. The van der Waals surface area contributed by atoms with E-state index in [2.05, 4.69) is 15.0 Å². The van der Waals surface area contributed by atoms with Crippen LogP contribution in [0.2, 0.25) is 0 Å². The van der Waals surface area contributed by atoms with Crippen LogP contribution in [0.15, 0.2) is 30.7 Å². The highest BCUT2D eigenvalue weighted by Gasteiger charge is 2.48. The second-order valence-corrected chi connectivity index (χ2v) is 4.62. The molecule has 0 spiro atoms. The molecule has 2 N–H and O–H groups in total. The average molecular weight is 243 g/mol. The van der Waals surface area contributed by atoms with Gasteiger partial charge in [-0.25, -0.2) is 4.98 Å². The van der Waals surface area contributed by atoms with E-state index in [9.17, 15) is 9.90 Å². The minimum atomic E-state index is -0.800. The molecule has 0 aliphatic heterocycles. The van der Waals surface area contributed by atoms with Crippen LogP contribution >= 0.6 is 0 Å². The van der Waals surface area contributed by atoms with Crippen molar-refractivity contribution in [3.05, 3.63) is 36.5 Å². The van der Waals surface area contributed by atoms with Gasteiger partial charge in [0.25, 0.3) is 0 Å². The van der Waals surface area contributed by atoms with Gasteiger partial charge in [-0.15, -0.1) is 0 Å². The second kappa shape index (κ2) is 3.94. The van der Waals surface area contributed by atoms with Crippen molar-refractivity contribution < 1.29 is 9.90 Å². The number of hydrogen-bond acceptors (Lipinski definition) is 3. The second-order valence-electron chi connectivity index (χ2n) is 4.62. The van der Waals surface area contributed by atoms with Gasteiger partial charge in [-0.1, -0.05) is 6.42 Å².